The maximum absolute atomic E-state index is 12.6. The molecule has 2 aromatic carbocycles. The van der Waals surface area contributed by atoms with Gasteiger partial charge in [-0.05, 0) is 67.6 Å². The zero-order valence-electron chi connectivity index (χ0n) is 16.5. The molecule has 1 aromatic heterocycles. The van der Waals surface area contributed by atoms with Gasteiger partial charge in [0.05, 0.1) is 0 Å². The maximum atomic E-state index is 12.6. The predicted molar refractivity (Wildman–Crippen MR) is 111 cm³/mol. The lowest BCUT2D eigenvalue weighted by Gasteiger charge is -2.11. The van der Waals surface area contributed by atoms with E-state index in [9.17, 15) is 9.59 Å². The fourth-order valence-corrected chi connectivity index (χ4v) is 3.18. The molecule has 2 N–H and O–H groups in total. The SMILES string of the molecule is Cc1nncn1-c1ccc(C(=O)Nc2cccc(NC(=O)CC3(C)CC3)c2)cc1. The van der Waals surface area contributed by atoms with Gasteiger partial charge >= 0.3 is 0 Å². The number of hydrogen-bond acceptors (Lipinski definition) is 4. The fourth-order valence-electron chi connectivity index (χ4n) is 3.18. The van der Waals surface area contributed by atoms with Crippen molar-refractivity contribution in [2.75, 3.05) is 10.6 Å². The summed E-state index contributed by atoms with van der Waals surface area (Å²) in [5.41, 5.74) is 2.89. The molecule has 2 amide bonds. The molecule has 0 spiro atoms. The molecule has 0 unspecified atom stereocenters. The van der Waals surface area contributed by atoms with Crippen molar-refractivity contribution in [1.82, 2.24) is 14.8 Å². The van der Waals surface area contributed by atoms with E-state index >= 15 is 0 Å². The first-order valence-electron chi connectivity index (χ1n) is 9.60. The Morgan fingerprint density at radius 1 is 1.07 bits per heavy atom. The van der Waals surface area contributed by atoms with Gasteiger partial charge in [0.15, 0.2) is 0 Å². The molecular formula is C22H23N5O2. The first kappa shape index (κ1) is 18.9. The van der Waals surface area contributed by atoms with E-state index in [1.54, 1.807) is 30.6 Å². The van der Waals surface area contributed by atoms with E-state index in [2.05, 4.69) is 27.8 Å². The molecule has 148 valence electrons. The summed E-state index contributed by atoms with van der Waals surface area (Å²) in [6.07, 6.45) is 4.37. The summed E-state index contributed by atoms with van der Waals surface area (Å²) in [6, 6.07) is 14.4. The topological polar surface area (TPSA) is 88.9 Å². The minimum Gasteiger partial charge on any atom is -0.326 e. The molecular weight excluding hydrogens is 366 g/mol. The normalized spacial score (nSPS) is 14.3. The molecule has 7 heteroatoms. The summed E-state index contributed by atoms with van der Waals surface area (Å²) in [5.74, 6) is 0.566. The lowest BCUT2D eigenvalue weighted by atomic mass is 10.1. The van der Waals surface area contributed by atoms with E-state index in [1.165, 1.54) is 0 Å². The third-order valence-electron chi connectivity index (χ3n) is 5.22. The molecule has 29 heavy (non-hydrogen) atoms. The second kappa shape index (κ2) is 7.50. The Hall–Kier alpha value is -3.48. The van der Waals surface area contributed by atoms with Crippen LogP contribution in [0.3, 0.4) is 0 Å². The number of rotatable bonds is 6. The van der Waals surface area contributed by atoms with Gasteiger partial charge in [0, 0.05) is 29.0 Å². The van der Waals surface area contributed by atoms with Crippen LogP contribution in [0.4, 0.5) is 11.4 Å². The Morgan fingerprint density at radius 3 is 2.38 bits per heavy atom. The monoisotopic (exact) mass is 389 g/mol. The van der Waals surface area contributed by atoms with Crippen molar-refractivity contribution in [3.63, 3.8) is 0 Å². The Balaban J connectivity index is 1.40. The number of amides is 2. The number of carbonyl (C=O) groups excluding carboxylic acids is 2. The molecule has 1 aliphatic carbocycles. The summed E-state index contributed by atoms with van der Waals surface area (Å²) in [6.45, 7) is 3.99. The zero-order valence-corrected chi connectivity index (χ0v) is 16.5. The number of carbonyl (C=O) groups is 2. The minimum absolute atomic E-state index is 0.00773. The highest BCUT2D eigenvalue weighted by atomic mass is 16.2. The third kappa shape index (κ3) is 4.51. The van der Waals surface area contributed by atoms with Crippen molar-refractivity contribution >= 4 is 23.2 Å². The van der Waals surface area contributed by atoms with Crippen molar-refractivity contribution in [2.24, 2.45) is 5.41 Å². The molecule has 4 rings (SSSR count). The summed E-state index contributed by atoms with van der Waals surface area (Å²) in [7, 11) is 0. The van der Waals surface area contributed by atoms with Crippen LogP contribution in [0.2, 0.25) is 0 Å². The van der Waals surface area contributed by atoms with Gasteiger partial charge in [-0.1, -0.05) is 13.0 Å². The maximum Gasteiger partial charge on any atom is 0.255 e. The molecule has 7 nitrogen and oxygen atoms in total. The molecule has 3 aromatic rings. The Bertz CT molecular complexity index is 1050. The van der Waals surface area contributed by atoms with Gasteiger partial charge in [-0.2, -0.15) is 0 Å². The van der Waals surface area contributed by atoms with Gasteiger partial charge in [-0.15, -0.1) is 10.2 Å². The minimum atomic E-state index is -0.217. The Labute approximate surface area is 169 Å². The van der Waals surface area contributed by atoms with Crippen molar-refractivity contribution in [2.45, 2.75) is 33.1 Å². The molecule has 0 atom stereocenters. The summed E-state index contributed by atoms with van der Waals surface area (Å²) in [4.78, 5) is 24.7. The number of hydrogen-bond donors (Lipinski definition) is 2. The molecule has 1 fully saturated rings. The fraction of sp³-hybridized carbons (Fsp3) is 0.273. The molecule has 0 aliphatic heterocycles. The van der Waals surface area contributed by atoms with Crippen LogP contribution in [0.1, 0.15) is 42.4 Å². The van der Waals surface area contributed by atoms with E-state index in [0.29, 0.717) is 23.4 Å². The van der Waals surface area contributed by atoms with Gasteiger partial charge in [0.2, 0.25) is 5.91 Å². The van der Waals surface area contributed by atoms with Gasteiger partial charge in [0.1, 0.15) is 12.2 Å². The number of benzene rings is 2. The molecule has 0 radical (unpaired) electrons. The average Bonchev–Trinajstić information content (AvgIpc) is 3.25. The number of aromatic nitrogens is 3. The summed E-state index contributed by atoms with van der Waals surface area (Å²) < 4.78 is 1.84. The molecule has 1 aliphatic rings. The van der Waals surface area contributed by atoms with Crippen LogP contribution < -0.4 is 10.6 Å². The quantitative estimate of drug-likeness (QED) is 0.668. The highest BCUT2D eigenvalue weighted by molar-refractivity contribution is 6.04. The van der Waals surface area contributed by atoms with Crippen LogP contribution in [0.5, 0.6) is 0 Å². The number of nitrogens with one attached hydrogen (secondary N) is 2. The largest absolute Gasteiger partial charge is 0.326 e. The lowest BCUT2D eigenvalue weighted by molar-refractivity contribution is -0.117. The van der Waals surface area contributed by atoms with Crippen LogP contribution in [0.25, 0.3) is 5.69 Å². The van der Waals surface area contributed by atoms with Crippen molar-refractivity contribution < 1.29 is 9.59 Å². The Morgan fingerprint density at radius 2 is 1.76 bits per heavy atom. The van der Waals surface area contributed by atoms with E-state index in [1.807, 2.05) is 35.8 Å². The standard InChI is InChI=1S/C22H23N5O2/c1-15-26-23-14-27(15)19-8-6-16(7-9-19)21(29)25-18-5-3-4-17(12-18)24-20(28)13-22(2)10-11-22/h3-9,12,14H,10-11,13H2,1-2H3,(H,24,28)(H,25,29). The summed E-state index contributed by atoms with van der Waals surface area (Å²) >= 11 is 0. The van der Waals surface area contributed by atoms with E-state index in [-0.39, 0.29) is 17.2 Å². The van der Waals surface area contributed by atoms with Gasteiger partial charge in [-0.3, -0.25) is 14.2 Å². The van der Waals surface area contributed by atoms with Crippen molar-refractivity contribution in [3.05, 3.63) is 66.2 Å². The van der Waals surface area contributed by atoms with Crippen LogP contribution in [0.15, 0.2) is 54.9 Å². The molecule has 0 saturated heterocycles. The summed E-state index contributed by atoms with van der Waals surface area (Å²) in [5, 5.41) is 13.6. The van der Waals surface area contributed by atoms with E-state index in [0.717, 1.165) is 24.4 Å². The zero-order chi connectivity index (χ0) is 20.4. The molecule has 1 saturated carbocycles. The average molecular weight is 389 g/mol. The highest BCUT2D eigenvalue weighted by Gasteiger charge is 2.39. The second-order valence-electron chi connectivity index (χ2n) is 7.87. The number of aryl methyl sites for hydroxylation is 1. The van der Waals surface area contributed by atoms with Crippen LogP contribution in [-0.2, 0) is 4.79 Å². The third-order valence-corrected chi connectivity index (χ3v) is 5.22. The Kier molecular flexibility index (Phi) is 4.88. The van der Waals surface area contributed by atoms with E-state index in [4.69, 9.17) is 0 Å². The second-order valence-corrected chi connectivity index (χ2v) is 7.87. The van der Waals surface area contributed by atoms with Crippen LogP contribution >= 0.6 is 0 Å². The number of nitrogens with zero attached hydrogens (tertiary/aromatic N) is 3. The van der Waals surface area contributed by atoms with Crippen molar-refractivity contribution in [3.8, 4) is 5.69 Å². The van der Waals surface area contributed by atoms with E-state index < -0.39 is 0 Å². The first-order valence-corrected chi connectivity index (χ1v) is 9.60. The van der Waals surface area contributed by atoms with Gasteiger partial charge in [-0.25, -0.2) is 0 Å². The number of anilines is 2. The highest BCUT2D eigenvalue weighted by Crippen LogP contribution is 2.48. The first-order chi connectivity index (χ1) is 13.9. The van der Waals surface area contributed by atoms with Crippen LogP contribution in [0, 0.1) is 12.3 Å². The lowest BCUT2D eigenvalue weighted by Crippen LogP contribution is -2.16. The van der Waals surface area contributed by atoms with Crippen molar-refractivity contribution in [1.29, 1.82) is 0 Å². The van der Waals surface area contributed by atoms with Crippen LogP contribution in [-0.4, -0.2) is 26.6 Å². The smallest absolute Gasteiger partial charge is 0.255 e. The van der Waals surface area contributed by atoms with Gasteiger partial charge in [0.25, 0.3) is 5.91 Å². The molecule has 1 heterocycles. The predicted octanol–water partition coefficient (Wildman–Crippen LogP) is 3.96. The van der Waals surface area contributed by atoms with Gasteiger partial charge < -0.3 is 10.6 Å². The molecule has 0 bridgehead atoms.